The summed E-state index contributed by atoms with van der Waals surface area (Å²) >= 11 is 0. The summed E-state index contributed by atoms with van der Waals surface area (Å²) in [5.41, 5.74) is 4.79. The monoisotopic (exact) mass is 264 g/mol. The zero-order valence-corrected chi connectivity index (χ0v) is 11.6. The van der Waals surface area contributed by atoms with E-state index in [1.807, 2.05) is 13.8 Å². The first kappa shape index (κ1) is 13.8. The molecule has 1 aliphatic carbocycles. The van der Waals surface area contributed by atoms with Gasteiger partial charge in [-0.05, 0) is 18.3 Å². The van der Waals surface area contributed by atoms with Gasteiger partial charge in [0.2, 0.25) is 5.91 Å². The first-order chi connectivity index (χ1) is 8.75. The zero-order chi connectivity index (χ0) is 14.4. The van der Waals surface area contributed by atoms with E-state index < -0.39 is 11.3 Å². The topological polar surface area (TPSA) is 80.5 Å². The Labute approximate surface area is 112 Å². The molecule has 2 unspecified atom stereocenters. The van der Waals surface area contributed by atoms with E-state index in [4.69, 9.17) is 5.73 Å². The van der Waals surface area contributed by atoms with Gasteiger partial charge in [-0.15, -0.1) is 0 Å². The third-order valence-corrected chi connectivity index (χ3v) is 4.51. The summed E-state index contributed by atoms with van der Waals surface area (Å²) in [6.07, 6.45) is 2.46. The van der Waals surface area contributed by atoms with Crippen LogP contribution in [-0.4, -0.2) is 35.6 Å². The van der Waals surface area contributed by atoms with Gasteiger partial charge in [-0.2, -0.15) is 0 Å². The van der Waals surface area contributed by atoms with Gasteiger partial charge >= 0.3 is 0 Å². The molecule has 2 rings (SSSR count). The number of carbonyl (C=O) groups is 3. The van der Waals surface area contributed by atoms with Crippen molar-refractivity contribution in [3.8, 4) is 0 Å². The minimum Gasteiger partial charge on any atom is -0.365 e. The molecule has 0 radical (unpaired) electrons. The summed E-state index contributed by atoms with van der Waals surface area (Å²) in [6, 6.07) is 0. The third kappa shape index (κ3) is 2.17. The molecular formula is C14H20N2O3. The number of ketones is 1. The molecule has 1 saturated heterocycles. The lowest BCUT2D eigenvalue weighted by Crippen LogP contribution is -2.52. The number of likely N-dealkylation sites (tertiary alicyclic amines) is 1. The maximum Gasteiger partial charge on any atom is 0.252 e. The number of primary amides is 1. The molecule has 0 aromatic heterocycles. The lowest BCUT2D eigenvalue weighted by atomic mass is 9.61. The molecular weight excluding hydrogens is 244 g/mol. The van der Waals surface area contributed by atoms with Gasteiger partial charge in [0.25, 0.3) is 5.91 Å². The van der Waals surface area contributed by atoms with Crippen LogP contribution in [0.3, 0.4) is 0 Å². The van der Waals surface area contributed by atoms with Crippen molar-refractivity contribution in [2.75, 3.05) is 13.1 Å². The molecule has 0 saturated carbocycles. The number of hydrogen-bond acceptors (Lipinski definition) is 3. The molecule has 2 N–H and O–H groups in total. The summed E-state index contributed by atoms with van der Waals surface area (Å²) in [6.45, 7) is 6.51. The number of amides is 2. The average molecular weight is 264 g/mol. The van der Waals surface area contributed by atoms with Crippen molar-refractivity contribution in [2.24, 2.45) is 23.0 Å². The predicted molar refractivity (Wildman–Crippen MR) is 69.9 cm³/mol. The van der Waals surface area contributed by atoms with Gasteiger partial charge in [0.05, 0.1) is 5.57 Å². The number of Topliss-reactive ketones (excluding diaryl/α,β-unsaturated/α-hetero) is 1. The molecule has 0 spiro atoms. The van der Waals surface area contributed by atoms with Crippen molar-refractivity contribution >= 4 is 17.6 Å². The van der Waals surface area contributed by atoms with Gasteiger partial charge in [-0.25, -0.2) is 0 Å². The number of carbonyl (C=O) groups excluding carboxylic acids is 3. The predicted octanol–water partition coefficient (Wildman–Crippen LogP) is 0.492. The van der Waals surface area contributed by atoms with E-state index in [1.54, 1.807) is 11.0 Å². The van der Waals surface area contributed by atoms with Crippen LogP contribution in [0.5, 0.6) is 0 Å². The van der Waals surface area contributed by atoms with E-state index in [0.717, 1.165) is 6.42 Å². The van der Waals surface area contributed by atoms with Gasteiger partial charge < -0.3 is 10.6 Å². The zero-order valence-electron chi connectivity index (χ0n) is 11.6. The maximum absolute atomic E-state index is 12.3. The van der Waals surface area contributed by atoms with Crippen LogP contribution in [0, 0.1) is 17.3 Å². The van der Waals surface area contributed by atoms with Gasteiger partial charge in [0.15, 0.2) is 5.78 Å². The van der Waals surface area contributed by atoms with Crippen molar-refractivity contribution in [3.05, 3.63) is 11.6 Å². The van der Waals surface area contributed by atoms with Gasteiger partial charge in [-0.3, -0.25) is 14.4 Å². The van der Waals surface area contributed by atoms with Crippen LogP contribution in [0.4, 0.5) is 0 Å². The molecule has 5 heteroatoms. The summed E-state index contributed by atoms with van der Waals surface area (Å²) in [5, 5.41) is 0. The molecule has 1 heterocycles. The molecule has 1 fully saturated rings. The Balaban J connectivity index is 2.37. The van der Waals surface area contributed by atoms with Crippen molar-refractivity contribution in [3.63, 3.8) is 0 Å². The van der Waals surface area contributed by atoms with Crippen LogP contribution in [0.25, 0.3) is 0 Å². The molecule has 2 amide bonds. The quantitative estimate of drug-likeness (QED) is 0.700. The highest BCUT2D eigenvalue weighted by Gasteiger charge is 2.48. The molecule has 2 aliphatic rings. The highest BCUT2D eigenvalue weighted by Crippen LogP contribution is 2.45. The highest BCUT2D eigenvalue weighted by molar-refractivity contribution is 6.21. The number of nitrogens with two attached hydrogens (primary N) is 1. The fourth-order valence-electron chi connectivity index (χ4n) is 3.33. The van der Waals surface area contributed by atoms with E-state index in [1.165, 1.54) is 6.92 Å². The first-order valence-electron chi connectivity index (χ1n) is 6.57. The van der Waals surface area contributed by atoms with E-state index >= 15 is 0 Å². The SMILES string of the molecule is CC(=O)N1CCC2C(C=C(C(N)=O)C(=O)C2(C)C)C1. The van der Waals surface area contributed by atoms with Gasteiger partial charge in [0, 0.05) is 25.4 Å². The van der Waals surface area contributed by atoms with Crippen LogP contribution in [-0.2, 0) is 14.4 Å². The van der Waals surface area contributed by atoms with Crippen LogP contribution in [0.1, 0.15) is 27.2 Å². The van der Waals surface area contributed by atoms with Crippen molar-refractivity contribution in [2.45, 2.75) is 27.2 Å². The fourth-order valence-corrected chi connectivity index (χ4v) is 3.33. The van der Waals surface area contributed by atoms with Crippen molar-refractivity contribution < 1.29 is 14.4 Å². The minimum atomic E-state index is -0.670. The van der Waals surface area contributed by atoms with Crippen molar-refractivity contribution in [1.29, 1.82) is 0 Å². The summed E-state index contributed by atoms with van der Waals surface area (Å²) in [7, 11) is 0. The molecule has 104 valence electrons. The Hall–Kier alpha value is -1.65. The number of hydrogen-bond donors (Lipinski definition) is 1. The second kappa shape index (κ2) is 4.47. The lowest BCUT2D eigenvalue weighted by molar-refractivity contribution is -0.135. The number of nitrogens with zero attached hydrogens (tertiary/aromatic N) is 1. The van der Waals surface area contributed by atoms with Crippen LogP contribution in [0.15, 0.2) is 11.6 Å². The van der Waals surface area contributed by atoms with E-state index in [2.05, 4.69) is 0 Å². The third-order valence-electron chi connectivity index (χ3n) is 4.51. The maximum atomic E-state index is 12.3. The Morgan fingerprint density at radius 1 is 1.42 bits per heavy atom. The second-order valence-corrected chi connectivity index (χ2v) is 6.02. The Morgan fingerprint density at radius 2 is 2.05 bits per heavy atom. The fraction of sp³-hybridized carbons (Fsp3) is 0.643. The Morgan fingerprint density at radius 3 is 2.58 bits per heavy atom. The van der Waals surface area contributed by atoms with Crippen LogP contribution < -0.4 is 5.73 Å². The molecule has 0 bridgehead atoms. The smallest absolute Gasteiger partial charge is 0.252 e. The number of rotatable bonds is 1. The standard InChI is InChI=1S/C14H20N2O3/c1-8(17)16-5-4-11-9(7-16)6-10(13(15)19)12(18)14(11,2)3/h6,9,11H,4-5,7H2,1-3H3,(H2,15,19). The highest BCUT2D eigenvalue weighted by atomic mass is 16.2. The lowest BCUT2D eigenvalue weighted by Gasteiger charge is -2.46. The van der Waals surface area contributed by atoms with Crippen molar-refractivity contribution in [1.82, 2.24) is 4.90 Å². The Kier molecular flexibility index (Phi) is 3.24. The average Bonchev–Trinajstić information content (AvgIpc) is 2.33. The minimum absolute atomic E-state index is 0.0298. The molecule has 19 heavy (non-hydrogen) atoms. The van der Waals surface area contributed by atoms with E-state index in [0.29, 0.717) is 13.1 Å². The molecule has 0 aromatic carbocycles. The second-order valence-electron chi connectivity index (χ2n) is 6.02. The Bertz CT molecular complexity index is 479. The largest absolute Gasteiger partial charge is 0.365 e. The number of fused-ring (bicyclic) bond motifs is 1. The number of piperidine rings is 1. The van der Waals surface area contributed by atoms with E-state index in [9.17, 15) is 14.4 Å². The first-order valence-corrected chi connectivity index (χ1v) is 6.57. The molecule has 1 aliphatic heterocycles. The van der Waals surface area contributed by atoms with Gasteiger partial charge in [0.1, 0.15) is 0 Å². The summed E-state index contributed by atoms with van der Waals surface area (Å²) < 4.78 is 0. The molecule has 5 nitrogen and oxygen atoms in total. The van der Waals surface area contributed by atoms with Gasteiger partial charge in [-0.1, -0.05) is 19.9 Å². The summed E-state index contributed by atoms with van der Waals surface area (Å²) in [4.78, 5) is 36.9. The van der Waals surface area contributed by atoms with Crippen LogP contribution >= 0.6 is 0 Å². The normalized spacial score (nSPS) is 29.5. The molecule has 0 aromatic rings. The summed E-state index contributed by atoms with van der Waals surface area (Å²) in [5.74, 6) is -0.609. The van der Waals surface area contributed by atoms with Crippen LogP contribution in [0.2, 0.25) is 0 Å². The van der Waals surface area contributed by atoms with E-state index in [-0.39, 0.29) is 29.1 Å². The molecule has 2 atom stereocenters.